The van der Waals surface area contributed by atoms with Gasteiger partial charge in [0.2, 0.25) is 0 Å². The fourth-order valence-corrected chi connectivity index (χ4v) is 8.62. The standard InChI is InChI=1S/C25H26N2O2.C19H17BrN2O2/c1-27-10-9-19-11-16(12-21(24(19)27)18-5-3-2-4-6-18)13-23-22(25(28)29)14-20(15-26-23)17-7-8-17;1-22-5-4-13-6-11(7-16(20)18(13)22)8-17-15(19(23)24)9-14(10-21-17)12-2-3-12/h5,9-12,14-15,17H,2-4,6-8,13H2,1H3,(H,28,29);4-7,9-10,12H,2-3,8H2,1H3,(H,23,24). The van der Waals surface area contributed by atoms with Crippen molar-refractivity contribution >= 4 is 55.2 Å². The van der Waals surface area contributed by atoms with Gasteiger partial charge in [0.05, 0.1) is 33.5 Å². The van der Waals surface area contributed by atoms with Gasteiger partial charge in [0.15, 0.2) is 0 Å². The lowest BCUT2D eigenvalue weighted by Gasteiger charge is -2.17. The van der Waals surface area contributed by atoms with Gasteiger partial charge in [0, 0.05) is 72.5 Å². The Morgan fingerprint density at radius 1 is 0.736 bits per heavy atom. The van der Waals surface area contributed by atoms with Gasteiger partial charge in [-0.2, -0.15) is 0 Å². The van der Waals surface area contributed by atoms with E-state index in [2.05, 4.69) is 84.7 Å². The first kappa shape index (κ1) is 35.0. The first-order valence-corrected chi connectivity index (χ1v) is 19.4. The SMILES string of the molecule is Cn1ccc2cc(Cc3ncc(C4CC4)cc3C(=O)O)cc(Br)c21.Cn1ccc2cc(Cc3ncc(C4CC4)cc3C(=O)O)cc(C3=CCCCC3)c21. The van der Waals surface area contributed by atoms with Crippen LogP contribution >= 0.6 is 15.9 Å². The molecule has 2 N–H and O–H groups in total. The summed E-state index contributed by atoms with van der Waals surface area (Å²) in [6.07, 6.45) is 20.6. The van der Waals surface area contributed by atoms with Crippen LogP contribution in [0.5, 0.6) is 0 Å². The molecule has 0 atom stereocenters. The molecular weight excluding hydrogens is 728 g/mol. The van der Waals surface area contributed by atoms with Gasteiger partial charge in [0.1, 0.15) is 0 Å². The molecule has 2 aromatic carbocycles. The average molecular weight is 772 g/mol. The molecule has 0 unspecified atom stereocenters. The molecule has 8 nitrogen and oxygen atoms in total. The molecule has 3 aliphatic carbocycles. The van der Waals surface area contributed by atoms with Crippen LogP contribution in [0.2, 0.25) is 0 Å². The summed E-state index contributed by atoms with van der Waals surface area (Å²) in [4.78, 5) is 32.6. The van der Waals surface area contributed by atoms with Crippen molar-refractivity contribution in [3.8, 4) is 0 Å². The molecule has 0 amide bonds. The van der Waals surface area contributed by atoms with Crippen LogP contribution in [0.3, 0.4) is 0 Å². The van der Waals surface area contributed by atoms with Gasteiger partial charge in [-0.25, -0.2) is 9.59 Å². The number of fused-ring (bicyclic) bond motifs is 2. The fourth-order valence-electron chi connectivity index (χ4n) is 7.82. The third kappa shape index (κ3) is 7.45. The molecule has 0 saturated heterocycles. The van der Waals surface area contributed by atoms with Gasteiger partial charge in [0.25, 0.3) is 0 Å². The van der Waals surface area contributed by atoms with E-state index in [0.29, 0.717) is 47.2 Å². The van der Waals surface area contributed by atoms with E-state index in [9.17, 15) is 19.8 Å². The summed E-state index contributed by atoms with van der Waals surface area (Å²) >= 11 is 3.62. The maximum Gasteiger partial charge on any atom is 0.337 e. The minimum absolute atomic E-state index is 0.323. The number of allylic oxidation sites excluding steroid dienone is 2. The number of carbonyl (C=O) groups is 2. The summed E-state index contributed by atoms with van der Waals surface area (Å²) in [6.45, 7) is 0. The molecule has 4 aromatic heterocycles. The Balaban J connectivity index is 0.000000154. The van der Waals surface area contributed by atoms with Gasteiger partial charge in [-0.1, -0.05) is 6.08 Å². The van der Waals surface area contributed by atoms with Crippen LogP contribution < -0.4 is 0 Å². The van der Waals surface area contributed by atoms with Gasteiger partial charge in [-0.15, -0.1) is 0 Å². The molecule has 0 aliphatic heterocycles. The topological polar surface area (TPSA) is 110 Å². The molecule has 4 heterocycles. The van der Waals surface area contributed by atoms with E-state index < -0.39 is 11.9 Å². The summed E-state index contributed by atoms with van der Waals surface area (Å²) in [6, 6.07) is 16.4. The molecule has 6 aromatic rings. The Morgan fingerprint density at radius 3 is 1.77 bits per heavy atom. The number of benzene rings is 2. The molecular formula is C44H43BrN4O4. The summed E-state index contributed by atoms with van der Waals surface area (Å²) < 4.78 is 5.26. The number of hydrogen-bond donors (Lipinski definition) is 2. The number of rotatable bonds is 9. The Morgan fingerprint density at radius 2 is 1.26 bits per heavy atom. The first-order chi connectivity index (χ1) is 25.6. The molecule has 270 valence electrons. The van der Waals surface area contributed by atoms with Crippen molar-refractivity contribution < 1.29 is 19.8 Å². The molecule has 2 saturated carbocycles. The largest absolute Gasteiger partial charge is 0.478 e. The van der Waals surface area contributed by atoms with Crippen molar-refractivity contribution in [2.75, 3.05) is 0 Å². The maximum absolute atomic E-state index is 11.9. The first-order valence-electron chi connectivity index (χ1n) is 18.6. The summed E-state index contributed by atoms with van der Waals surface area (Å²) in [5.41, 5.74) is 11.3. The van der Waals surface area contributed by atoms with Crippen molar-refractivity contribution in [3.05, 3.63) is 134 Å². The Kier molecular flexibility index (Phi) is 9.53. The molecule has 53 heavy (non-hydrogen) atoms. The van der Waals surface area contributed by atoms with E-state index in [1.54, 1.807) is 6.07 Å². The Hall–Kier alpha value is -5.02. The van der Waals surface area contributed by atoms with E-state index in [4.69, 9.17) is 0 Å². The number of aromatic nitrogens is 4. The number of carboxylic acids is 2. The highest BCUT2D eigenvalue weighted by Crippen LogP contribution is 2.41. The highest BCUT2D eigenvalue weighted by Gasteiger charge is 2.27. The number of aryl methyl sites for hydroxylation is 2. The lowest BCUT2D eigenvalue weighted by atomic mass is 9.90. The van der Waals surface area contributed by atoms with Crippen LogP contribution in [0.25, 0.3) is 27.4 Å². The second kappa shape index (κ2) is 14.4. The van der Waals surface area contributed by atoms with Crippen LogP contribution in [0.1, 0.15) is 123 Å². The predicted molar refractivity (Wildman–Crippen MR) is 212 cm³/mol. The van der Waals surface area contributed by atoms with Gasteiger partial charge < -0.3 is 19.3 Å². The molecule has 0 bridgehead atoms. The number of aromatic carboxylic acids is 2. The van der Waals surface area contributed by atoms with Crippen LogP contribution in [0.4, 0.5) is 0 Å². The van der Waals surface area contributed by atoms with E-state index in [1.165, 1.54) is 34.9 Å². The minimum atomic E-state index is -0.903. The van der Waals surface area contributed by atoms with Gasteiger partial charge in [-0.05, 0) is 155 Å². The zero-order valence-corrected chi connectivity index (χ0v) is 31.7. The van der Waals surface area contributed by atoms with Crippen molar-refractivity contribution in [1.82, 2.24) is 19.1 Å². The highest BCUT2D eigenvalue weighted by atomic mass is 79.9. The maximum atomic E-state index is 11.9. The monoisotopic (exact) mass is 770 g/mol. The molecule has 0 spiro atoms. The Labute approximate surface area is 317 Å². The van der Waals surface area contributed by atoms with Crippen molar-refractivity contribution in [3.63, 3.8) is 0 Å². The fraction of sp³-hybridized carbons (Fsp3) is 0.318. The van der Waals surface area contributed by atoms with Crippen molar-refractivity contribution in [2.45, 2.75) is 76.0 Å². The van der Waals surface area contributed by atoms with E-state index in [0.717, 1.165) is 76.2 Å². The zero-order valence-electron chi connectivity index (χ0n) is 30.1. The molecule has 9 rings (SSSR count). The lowest BCUT2D eigenvalue weighted by molar-refractivity contribution is 0.0684. The normalized spacial score (nSPS) is 15.6. The number of nitrogens with zero attached hydrogens (tertiary/aromatic N) is 4. The van der Waals surface area contributed by atoms with E-state index in [-0.39, 0.29) is 0 Å². The summed E-state index contributed by atoms with van der Waals surface area (Å²) in [7, 11) is 4.10. The average Bonchev–Trinajstić information content (AvgIpc) is 4.09. The molecule has 0 radical (unpaired) electrons. The second-order valence-corrected chi connectivity index (χ2v) is 15.8. The smallest absolute Gasteiger partial charge is 0.337 e. The van der Waals surface area contributed by atoms with Crippen molar-refractivity contribution in [2.24, 2.45) is 14.1 Å². The third-order valence-corrected chi connectivity index (χ3v) is 11.5. The number of carboxylic acid groups (broad SMARTS) is 2. The summed E-state index contributed by atoms with van der Waals surface area (Å²) in [5.74, 6) is -0.787. The minimum Gasteiger partial charge on any atom is -0.478 e. The van der Waals surface area contributed by atoms with Gasteiger partial charge >= 0.3 is 11.9 Å². The van der Waals surface area contributed by atoms with Gasteiger partial charge in [-0.3, -0.25) is 9.97 Å². The van der Waals surface area contributed by atoms with E-state index >= 15 is 0 Å². The summed E-state index contributed by atoms with van der Waals surface area (Å²) in [5, 5.41) is 21.6. The van der Waals surface area contributed by atoms with Crippen LogP contribution in [-0.4, -0.2) is 41.3 Å². The van der Waals surface area contributed by atoms with Crippen LogP contribution in [-0.2, 0) is 26.9 Å². The third-order valence-electron chi connectivity index (χ3n) is 10.9. The number of halogens is 1. The van der Waals surface area contributed by atoms with Crippen LogP contribution in [0, 0.1) is 0 Å². The molecule has 2 fully saturated rings. The van der Waals surface area contributed by atoms with E-state index in [1.807, 2.05) is 37.8 Å². The zero-order chi connectivity index (χ0) is 36.8. The number of hydrogen-bond acceptors (Lipinski definition) is 4. The predicted octanol–water partition coefficient (Wildman–Crippen LogP) is 10.2. The lowest BCUT2D eigenvalue weighted by Crippen LogP contribution is -2.07. The second-order valence-electron chi connectivity index (χ2n) is 15.0. The Bertz CT molecular complexity index is 2430. The highest BCUT2D eigenvalue weighted by molar-refractivity contribution is 9.10. The molecule has 9 heteroatoms. The van der Waals surface area contributed by atoms with Crippen molar-refractivity contribution in [1.29, 1.82) is 0 Å². The molecule has 3 aliphatic rings. The number of pyridine rings is 2. The van der Waals surface area contributed by atoms with Crippen LogP contribution in [0.15, 0.2) is 83.9 Å². The quantitative estimate of drug-likeness (QED) is 0.151.